The van der Waals surface area contributed by atoms with Crippen LogP contribution in [0, 0.1) is 0 Å². The highest BCUT2D eigenvalue weighted by Crippen LogP contribution is 2.31. The highest BCUT2D eigenvalue weighted by Gasteiger charge is 2.16. The van der Waals surface area contributed by atoms with Crippen LogP contribution in [-0.2, 0) is 4.57 Å². The van der Waals surface area contributed by atoms with Crippen molar-refractivity contribution in [2.24, 2.45) is 0 Å². The van der Waals surface area contributed by atoms with Gasteiger partial charge in [0.15, 0.2) is 12.4 Å². The molecule has 1 unspecified atom stereocenters. The monoisotopic (exact) mass is 547 g/mol. The molecule has 2 heterocycles. The Balaban J connectivity index is 1.59. The van der Waals surface area contributed by atoms with Gasteiger partial charge in [-0.15, -0.1) is 15.0 Å². The number of nitrogens with zero attached hydrogens (tertiary/aromatic N) is 7. The zero-order chi connectivity index (χ0) is 26.4. The van der Waals surface area contributed by atoms with Gasteiger partial charge in [0.05, 0.1) is 0 Å². The van der Waals surface area contributed by atoms with E-state index in [2.05, 4.69) is 30.5 Å². The number of hydrogen-bond donors (Lipinski definition) is 4. The second-order valence-electron chi connectivity index (χ2n) is 7.87. The third-order valence-electron chi connectivity index (χ3n) is 5.08. The molecule has 0 bridgehead atoms. The lowest BCUT2D eigenvalue weighted by Crippen LogP contribution is -2.29. The summed E-state index contributed by atoms with van der Waals surface area (Å²) in [7, 11) is -1.87. The molecule has 2 aromatic carbocycles. The second kappa shape index (κ2) is 12.1. The van der Waals surface area contributed by atoms with Crippen molar-refractivity contribution in [2.75, 3.05) is 43.2 Å². The Kier molecular flexibility index (Phi) is 8.62. The third-order valence-corrected chi connectivity index (χ3v) is 5.72. The van der Waals surface area contributed by atoms with Crippen LogP contribution in [0.3, 0.4) is 0 Å². The Bertz CT molecular complexity index is 1400. The third kappa shape index (κ3) is 6.77. The van der Waals surface area contributed by atoms with E-state index in [0.717, 1.165) is 0 Å². The first-order chi connectivity index (χ1) is 17.9. The molecule has 0 aliphatic carbocycles. The highest BCUT2D eigenvalue weighted by molar-refractivity contribution is 7.38. The van der Waals surface area contributed by atoms with Crippen LogP contribution in [-0.4, -0.2) is 78.2 Å². The van der Waals surface area contributed by atoms with Crippen LogP contribution in [0.4, 0.5) is 17.6 Å². The SMILES string of the molecule is C[P+](=O)Oc1ccc(O)c(-n2nc3ccc(Nc4nc(Cl)nc(N(CCCO)CCCO)n4)cc3n2)c1. The lowest BCUT2D eigenvalue weighted by Gasteiger charge is -2.22. The van der Waals surface area contributed by atoms with Crippen molar-refractivity contribution in [3.05, 3.63) is 41.7 Å². The maximum atomic E-state index is 11.4. The number of nitrogens with one attached hydrogen (secondary N) is 1. The number of aromatic hydroxyl groups is 1. The molecule has 2 aromatic heterocycles. The predicted molar refractivity (Wildman–Crippen MR) is 138 cm³/mol. The van der Waals surface area contributed by atoms with Gasteiger partial charge in [-0.3, -0.25) is 4.52 Å². The summed E-state index contributed by atoms with van der Waals surface area (Å²) in [5.41, 5.74) is 1.95. The molecule has 4 rings (SSSR count). The molecule has 1 atom stereocenters. The summed E-state index contributed by atoms with van der Waals surface area (Å²) in [6, 6.07) is 9.64. The number of fused-ring (bicyclic) bond motifs is 1. The van der Waals surface area contributed by atoms with E-state index >= 15 is 0 Å². The molecule has 0 radical (unpaired) electrons. The van der Waals surface area contributed by atoms with Crippen molar-refractivity contribution < 1.29 is 24.4 Å². The number of phenolic OH excluding ortho intramolecular Hbond substituents is 1. The largest absolute Gasteiger partial charge is 0.552 e. The van der Waals surface area contributed by atoms with Crippen molar-refractivity contribution in [1.82, 2.24) is 29.9 Å². The van der Waals surface area contributed by atoms with Crippen LogP contribution in [0.1, 0.15) is 12.8 Å². The average Bonchev–Trinajstić information content (AvgIpc) is 3.28. The fourth-order valence-corrected chi connectivity index (χ4v) is 4.04. The molecule has 0 spiro atoms. The van der Waals surface area contributed by atoms with Gasteiger partial charge in [-0.1, -0.05) is 0 Å². The molecule has 37 heavy (non-hydrogen) atoms. The van der Waals surface area contributed by atoms with Gasteiger partial charge in [-0.25, -0.2) is 0 Å². The van der Waals surface area contributed by atoms with E-state index in [9.17, 15) is 19.9 Å². The second-order valence-corrected chi connectivity index (χ2v) is 9.27. The summed E-state index contributed by atoms with van der Waals surface area (Å²) in [5, 5.41) is 40.6. The first-order valence-electron chi connectivity index (χ1n) is 11.3. The van der Waals surface area contributed by atoms with Crippen molar-refractivity contribution in [3.63, 3.8) is 0 Å². The fraction of sp³-hybridized carbons (Fsp3) is 0.318. The summed E-state index contributed by atoms with van der Waals surface area (Å²) in [6.45, 7) is 2.42. The van der Waals surface area contributed by atoms with Gasteiger partial charge >= 0.3 is 8.03 Å². The number of aliphatic hydroxyl groups excluding tert-OH is 2. The molecule has 194 valence electrons. The smallest absolute Gasteiger partial charge is 0.506 e. The minimum Gasteiger partial charge on any atom is -0.506 e. The normalized spacial score (nSPS) is 11.5. The molecule has 15 heteroatoms. The Morgan fingerprint density at radius 2 is 1.76 bits per heavy atom. The fourth-order valence-electron chi connectivity index (χ4n) is 3.47. The van der Waals surface area contributed by atoms with Gasteiger partial charge in [0.1, 0.15) is 22.5 Å². The van der Waals surface area contributed by atoms with E-state index in [1.807, 2.05) is 4.90 Å². The minimum absolute atomic E-state index is 0.00785. The summed E-state index contributed by atoms with van der Waals surface area (Å²) in [6.07, 6.45) is 1.01. The molecular formula is C22H25ClN8O5P+. The van der Waals surface area contributed by atoms with Gasteiger partial charge in [-0.2, -0.15) is 15.0 Å². The number of rotatable bonds is 12. The van der Waals surface area contributed by atoms with E-state index in [4.69, 9.17) is 16.1 Å². The van der Waals surface area contributed by atoms with Crippen LogP contribution in [0.5, 0.6) is 11.5 Å². The molecular weight excluding hydrogens is 523 g/mol. The summed E-state index contributed by atoms with van der Waals surface area (Å²) < 4.78 is 16.7. The number of benzene rings is 2. The molecule has 0 aliphatic rings. The summed E-state index contributed by atoms with van der Waals surface area (Å²) in [5.74, 6) is 0.769. The number of anilines is 3. The van der Waals surface area contributed by atoms with Crippen molar-refractivity contribution in [1.29, 1.82) is 0 Å². The van der Waals surface area contributed by atoms with Gasteiger partial charge in [-0.05, 0) is 59.3 Å². The zero-order valence-corrected chi connectivity index (χ0v) is 21.5. The van der Waals surface area contributed by atoms with Crippen LogP contribution >= 0.6 is 19.6 Å². The molecule has 0 saturated heterocycles. The lowest BCUT2D eigenvalue weighted by molar-refractivity contribution is 0.281. The first-order valence-corrected chi connectivity index (χ1v) is 13.3. The first kappa shape index (κ1) is 26.4. The van der Waals surface area contributed by atoms with Crippen LogP contribution in [0.25, 0.3) is 16.7 Å². The topological polar surface area (TPSA) is 172 Å². The summed E-state index contributed by atoms with van der Waals surface area (Å²) >= 11 is 6.15. The predicted octanol–water partition coefficient (Wildman–Crippen LogP) is 3.03. The quantitative estimate of drug-likeness (QED) is 0.191. The van der Waals surface area contributed by atoms with E-state index in [0.29, 0.717) is 54.3 Å². The van der Waals surface area contributed by atoms with Gasteiger partial charge < -0.3 is 25.5 Å². The standard InChI is InChI=1S/C22H24ClN8O5P/c1-37(35)36-15-5-7-19(34)18(13-15)31-28-16-6-4-14(12-17(16)29-31)24-21-25-20(23)26-22(27-21)30(8-2-10-32)9-3-11-33/h4-7,12-13,32-33H,2-3,8-11H2,1H3,(H-,24,25,26,27,29,34)/p+1. The molecule has 4 aromatic rings. The van der Waals surface area contributed by atoms with Gasteiger partial charge in [0.2, 0.25) is 17.2 Å². The molecule has 4 N–H and O–H groups in total. The van der Waals surface area contributed by atoms with E-state index < -0.39 is 8.03 Å². The number of aromatic nitrogens is 6. The Labute approximate surface area is 217 Å². The summed E-state index contributed by atoms with van der Waals surface area (Å²) in [4.78, 5) is 15.9. The highest BCUT2D eigenvalue weighted by atomic mass is 35.5. The minimum atomic E-state index is -1.87. The Morgan fingerprint density at radius 3 is 2.46 bits per heavy atom. The van der Waals surface area contributed by atoms with Crippen molar-refractivity contribution >= 4 is 48.2 Å². The number of phenols is 1. The molecule has 0 amide bonds. The molecule has 0 fully saturated rings. The van der Waals surface area contributed by atoms with E-state index in [-0.39, 0.29) is 35.9 Å². The zero-order valence-electron chi connectivity index (χ0n) is 19.8. The molecule has 0 aliphatic heterocycles. The van der Waals surface area contributed by atoms with E-state index in [1.54, 1.807) is 18.2 Å². The Hall–Kier alpha value is -3.64. The van der Waals surface area contributed by atoms with Crippen LogP contribution < -0.4 is 14.7 Å². The molecule has 13 nitrogen and oxygen atoms in total. The van der Waals surface area contributed by atoms with Gasteiger partial charge in [0.25, 0.3) is 0 Å². The lowest BCUT2D eigenvalue weighted by atomic mass is 10.3. The van der Waals surface area contributed by atoms with Crippen molar-refractivity contribution in [3.8, 4) is 17.2 Å². The van der Waals surface area contributed by atoms with Crippen molar-refractivity contribution in [2.45, 2.75) is 12.8 Å². The Morgan fingerprint density at radius 1 is 1.03 bits per heavy atom. The van der Waals surface area contributed by atoms with Gasteiger partial charge in [0, 0.05) is 38.1 Å². The number of halogens is 1. The molecule has 0 saturated carbocycles. The maximum Gasteiger partial charge on any atom is 0.552 e. The number of aliphatic hydroxyl groups is 2. The van der Waals surface area contributed by atoms with Crippen LogP contribution in [0.2, 0.25) is 5.28 Å². The van der Waals surface area contributed by atoms with Crippen LogP contribution in [0.15, 0.2) is 36.4 Å². The van der Waals surface area contributed by atoms with E-state index in [1.165, 1.54) is 29.7 Å². The number of hydrogen-bond acceptors (Lipinski definition) is 12. The maximum absolute atomic E-state index is 11.4. The average molecular weight is 548 g/mol.